The Labute approximate surface area is 96.4 Å². The van der Waals surface area contributed by atoms with E-state index in [9.17, 15) is 8.42 Å². The van der Waals surface area contributed by atoms with Crippen LogP contribution in [0.5, 0.6) is 0 Å². The molecule has 2 N–H and O–H groups in total. The summed E-state index contributed by atoms with van der Waals surface area (Å²) >= 11 is 4.47. The fraction of sp³-hybridized carbons (Fsp3) is 0.500. The molecular weight excluding hydrogens is 286 g/mol. The summed E-state index contributed by atoms with van der Waals surface area (Å²) in [5.74, 6) is 0. The molecule has 1 aromatic rings. The summed E-state index contributed by atoms with van der Waals surface area (Å²) in [6, 6.07) is 3.35. The van der Waals surface area contributed by atoms with Gasteiger partial charge in [-0.05, 0) is 34.5 Å². The molecular formula is C8H12BrNO2S2. The monoisotopic (exact) mass is 297 g/mol. The Morgan fingerprint density at radius 3 is 2.57 bits per heavy atom. The predicted octanol–water partition coefficient (Wildman–Crippen LogP) is 2.02. The topological polar surface area (TPSA) is 60.2 Å². The van der Waals surface area contributed by atoms with Crippen molar-refractivity contribution in [2.75, 3.05) is 6.54 Å². The van der Waals surface area contributed by atoms with Gasteiger partial charge in [-0.2, -0.15) is 0 Å². The van der Waals surface area contributed by atoms with E-state index in [0.29, 0.717) is 10.6 Å². The van der Waals surface area contributed by atoms with Crippen molar-refractivity contribution in [2.24, 2.45) is 5.73 Å². The SMILES string of the molecule is CCC(CN)S(=O)(=O)c1ccc(Br)s1. The van der Waals surface area contributed by atoms with Crippen LogP contribution in [0.3, 0.4) is 0 Å². The van der Waals surface area contributed by atoms with Crippen molar-refractivity contribution < 1.29 is 8.42 Å². The van der Waals surface area contributed by atoms with E-state index in [1.54, 1.807) is 12.1 Å². The number of hydrogen-bond donors (Lipinski definition) is 1. The molecule has 80 valence electrons. The molecule has 6 heteroatoms. The molecule has 3 nitrogen and oxygen atoms in total. The summed E-state index contributed by atoms with van der Waals surface area (Å²) in [5.41, 5.74) is 5.43. The lowest BCUT2D eigenvalue weighted by Crippen LogP contribution is -2.28. The van der Waals surface area contributed by atoms with E-state index in [1.807, 2.05) is 6.92 Å². The molecule has 0 aliphatic heterocycles. The molecule has 0 saturated heterocycles. The number of hydrogen-bond acceptors (Lipinski definition) is 4. The van der Waals surface area contributed by atoms with Crippen molar-refractivity contribution >= 4 is 37.1 Å². The minimum atomic E-state index is -3.22. The van der Waals surface area contributed by atoms with Crippen molar-refractivity contribution in [1.82, 2.24) is 0 Å². The molecule has 0 spiro atoms. The van der Waals surface area contributed by atoms with Crippen LogP contribution < -0.4 is 5.73 Å². The third-order valence-corrected chi connectivity index (χ3v) is 6.45. The maximum atomic E-state index is 11.9. The van der Waals surface area contributed by atoms with Crippen molar-refractivity contribution in [3.05, 3.63) is 15.9 Å². The lowest BCUT2D eigenvalue weighted by Gasteiger charge is -2.11. The molecule has 0 aliphatic rings. The number of rotatable bonds is 4. The number of thiophene rings is 1. The van der Waals surface area contributed by atoms with Gasteiger partial charge in [-0.25, -0.2) is 8.42 Å². The zero-order valence-electron chi connectivity index (χ0n) is 7.73. The maximum Gasteiger partial charge on any atom is 0.191 e. The van der Waals surface area contributed by atoms with E-state index >= 15 is 0 Å². The van der Waals surface area contributed by atoms with Crippen LogP contribution in [0.4, 0.5) is 0 Å². The Bertz CT molecular complexity index is 395. The van der Waals surface area contributed by atoms with Gasteiger partial charge in [0.05, 0.1) is 9.04 Å². The Kier molecular flexibility index (Phi) is 4.12. The fourth-order valence-corrected chi connectivity index (χ4v) is 4.99. The normalized spacial score (nSPS) is 14.2. The third kappa shape index (κ3) is 2.36. The molecule has 1 unspecified atom stereocenters. The minimum Gasteiger partial charge on any atom is -0.329 e. The molecule has 1 heterocycles. The molecule has 0 fully saturated rings. The van der Waals surface area contributed by atoms with Crippen LogP contribution in [0.15, 0.2) is 20.1 Å². The largest absolute Gasteiger partial charge is 0.329 e. The van der Waals surface area contributed by atoms with Gasteiger partial charge in [-0.1, -0.05) is 6.92 Å². The quantitative estimate of drug-likeness (QED) is 0.925. The van der Waals surface area contributed by atoms with Crippen LogP contribution in [0.1, 0.15) is 13.3 Å². The van der Waals surface area contributed by atoms with Gasteiger partial charge in [-0.3, -0.25) is 0 Å². The molecule has 0 aliphatic carbocycles. The van der Waals surface area contributed by atoms with Crippen molar-refractivity contribution in [3.63, 3.8) is 0 Å². The van der Waals surface area contributed by atoms with Crippen molar-refractivity contribution in [3.8, 4) is 0 Å². The highest BCUT2D eigenvalue weighted by molar-refractivity contribution is 9.11. The predicted molar refractivity (Wildman–Crippen MR) is 62.3 cm³/mol. The van der Waals surface area contributed by atoms with Gasteiger partial charge < -0.3 is 5.73 Å². The van der Waals surface area contributed by atoms with Crippen LogP contribution in [0, 0.1) is 0 Å². The van der Waals surface area contributed by atoms with Gasteiger partial charge in [0, 0.05) is 6.54 Å². The minimum absolute atomic E-state index is 0.175. The Morgan fingerprint density at radius 2 is 2.21 bits per heavy atom. The van der Waals surface area contributed by atoms with Crippen molar-refractivity contribution in [1.29, 1.82) is 0 Å². The smallest absolute Gasteiger partial charge is 0.191 e. The van der Waals surface area contributed by atoms with E-state index < -0.39 is 15.1 Å². The second-order valence-corrected chi connectivity index (χ2v) is 7.79. The molecule has 14 heavy (non-hydrogen) atoms. The first-order chi connectivity index (χ1) is 6.52. The van der Waals surface area contributed by atoms with Crippen LogP contribution in [0.2, 0.25) is 0 Å². The first kappa shape index (κ1) is 12.2. The zero-order chi connectivity index (χ0) is 10.8. The zero-order valence-corrected chi connectivity index (χ0v) is 11.0. The van der Waals surface area contributed by atoms with Gasteiger partial charge in [-0.15, -0.1) is 11.3 Å². The standard InChI is InChI=1S/C8H12BrNO2S2/c1-2-6(5-10)14(11,12)8-4-3-7(9)13-8/h3-4,6H,2,5,10H2,1H3. The van der Waals surface area contributed by atoms with E-state index in [1.165, 1.54) is 11.3 Å². The second-order valence-electron chi connectivity index (χ2n) is 2.87. The van der Waals surface area contributed by atoms with E-state index in [0.717, 1.165) is 3.79 Å². The van der Waals surface area contributed by atoms with Crippen molar-refractivity contribution in [2.45, 2.75) is 22.8 Å². The first-order valence-corrected chi connectivity index (χ1v) is 7.37. The van der Waals surface area contributed by atoms with Crippen LogP contribution in [-0.2, 0) is 9.84 Å². The Morgan fingerprint density at radius 1 is 1.57 bits per heavy atom. The lowest BCUT2D eigenvalue weighted by molar-refractivity contribution is 0.578. The Hall–Kier alpha value is 0.0900. The summed E-state index contributed by atoms with van der Waals surface area (Å²) in [6.07, 6.45) is 0.550. The molecule has 0 amide bonds. The molecule has 1 atom stereocenters. The Balaban J connectivity index is 3.07. The van der Waals surface area contributed by atoms with E-state index in [-0.39, 0.29) is 6.54 Å². The maximum absolute atomic E-state index is 11.9. The first-order valence-electron chi connectivity index (χ1n) is 4.21. The highest BCUT2D eigenvalue weighted by Gasteiger charge is 2.25. The summed E-state index contributed by atoms with van der Waals surface area (Å²) < 4.78 is 25.0. The molecule has 1 aromatic heterocycles. The van der Waals surface area contributed by atoms with E-state index in [4.69, 9.17) is 5.73 Å². The summed E-state index contributed by atoms with van der Waals surface area (Å²) in [6.45, 7) is 2.01. The third-order valence-electron chi connectivity index (χ3n) is 1.99. The van der Waals surface area contributed by atoms with Crippen LogP contribution in [0.25, 0.3) is 0 Å². The van der Waals surface area contributed by atoms with Gasteiger partial charge in [0.25, 0.3) is 0 Å². The average Bonchev–Trinajstić information content (AvgIpc) is 2.54. The fourth-order valence-electron chi connectivity index (χ4n) is 1.13. The molecule has 0 radical (unpaired) electrons. The van der Waals surface area contributed by atoms with Gasteiger partial charge >= 0.3 is 0 Å². The van der Waals surface area contributed by atoms with Crippen LogP contribution in [-0.4, -0.2) is 20.2 Å². The molecule has 0 aromatic carbocycles. The summed E-state index contributed by atoms with van der Waals surface area (Å²) in [7, 11) is -3.22. The highest BCUT2D eigenvalue weighted by Crippen LogP contribution is 2.29. The van der Waals surface area contributed by atoms with Gasteiger partial charge in [0.2, 0.25) is 0 Å². The van der Waals surface area contributed by atoms with Gasteiger partial charge in [0.1, 0.15) is 4.21 Å². The number of sulfone groups is 1. The highest BCUT2D eigenvalue weighted by atomic mass is 79.9. The summed E-state index contributed by atoms with van der Waals surface area (Å²) in [4.78, 5) is 0. The number of nitrogens with two attached hydrogens (primary N) is 1. The summed E-state index contributed by atoms with van der Waals surface area (Å²) in [5, 5.41) is -0.465. The van der Waals surface area contributed by atoms with Crippen LogP contribution >= 0.6 is 27.3 Å². The van der Waals surface area contributed by atoms with E-state index in [2.05, 4.69) is 15.9 Å². The van der Waals surface area contributed by atoms with Gasteiger partial charge in [0.15, 0.2) is 9.84 Å². The second kappa shape index (κ2) is 4.74. The molecule has 0 bridgehead atoms. The average molecular weight is 298 g/mol. The lowest BCUT2D eigenvalue weighted by atomic mass is 10.3. The number of halogens is 1. The molecule has 1 rings (SSSR count). The molecule has 0 saturated carbocycles.